The lowest BCUT2D eigenvalue weighted by atomic mass is 9.99. The van der Waals surface area contributed by atoms with Crippen molar-refractivity contribution >= 4 is 5.91 Å². The Bertz CT molecular complexity index is 488. The zero-order chi connectivity index (χ0) is 15.5. The number of aryl methyl sites for hydroxylation is 1. The molecule has 2 rings (SSSR count). The van der Waals surface area contributed by atoms with Crippen LogP contribution in [0.5, 0.6) is 0 Å². The van der Waals surface area contributed by atoms with Crippen molar-refractivity contribution in [3.05, 3.63) is 17.7 Å². The molecule has 0 aromatic carbocycles. The monoisotopic (exact) mass is 296 g/mol. The minimum absolute atomic E-state index is 0.0655. The first-order valence-electron chi connectivity index (χ1n) is 7.11. The number of imidazole rings is 1. The van der Waals surface area contributed by atoms with Gasteiger partial charge in [0.2, 0.25) is 5.91 Å². The molecule has 1 saturated heterocycles. The summed E-state index contributed by atoms with van der Waals surface area (Å²) in [5, 5.41) is 10.7. The summed E-state index contributed by atoms with van der Waals surface area (Å²) < 4.78 is 5.48. The van der Waals surface area contributed by atoms with Crippen molar-refractivity contribution in [2.45, 2.75) is 25.5 Å². The van der Waals surface area contributed by atoms with Gasteiger partial charge in [-0.15, -0.1) is 0 Å². The number of amides is 1. The third-order valence-corrected chi connectivity index (χ3v) is 3.73. The number of carbonyl (C=O) groups excluding carboxylic acids is 1. The van der Waals surface area contributed by atoms with Gasteiger partial charge in [0.25, 0.3) is 0 Å². The van der Waals surface area contributed by atoms with Crippen LogP contribution >= 0.6 is 0 Å². The summed E-state index contributed by atoms with van der Waals surface area (Å²) in [5.74, 6) is -0.0982. The second-order valence-corrected chi connectivity index (χ2v) is 5.93. The Morgan fingerprint density at radius 3 is 3.00 bits per heavy atom. The predicted molar refractivity (Wildman–Crippen MR) is 77.7 cm³/mol. The van der Waals surface area contributed by atoms with Crippen molar-refractivity contribution < 1.29 is 14.6 Å². The molecule has 1 aromatic rings. The maximum atomic E-state index is 11.9. The molecule has 1 amide bonds. The lowest BCUT2D eigenvalue weighted by molar-refractivity contribution is -0.136. The zero-order valence-electron chi connectivity index (χ0n) is 12.9. The molecule has 2 N–H and O–H groups in total. The van der Waals surface area contributed by atoms with Crippen LogP contribution in [0.15, 0.2) is 6.33 Å². The summed E-state index contributed by atoms with van der Waals surface area (Å²) >= 11 is 0. The maximum absolute atomic E-state index is 11.9. The zero-order valence-corrected chi connectivity index (χ0v) is 12.9. The third-order valence-electron chi connectivity index (χ3n) is 3.73. The molecule has 21 heavy (non-hydrogen) atoms. The van der Waals surface area contributed by atoms with Crippen molar-refractivity contribution in [2.24, 2.45) is 0 Å². The fourth-order valence-electron chi connectivity index (χ4n) is 2.44. The van der Waals surface area contributed by atoms with Gasteiger partial charge in [-0.3, -0.25) is 9.69 Å². The molecule has 1 aliphatic rings. The number of ether oxygens (including phenoxy) is 1. The average Bonchev–Trinajstić information content (AvgIpc) is 2.69. The fourth-order valence-corrected chi connectivity index (χ4v) is 2.44. The molecule has 0 radical (unpaired) electrons. The number of nitrogens with one attached hydrogen (secondary N) is 1. The maximum Gasteiger partial charge on any atom is 0.225 e. The summed E-state index contributed by atoms with van der Waals surface area (Å²) in [6.45, 7) is 4.45. The van der Waals surface area contributed by atoms with E-state index in [9.17, 15) is 9.90 Å². The summed E-state index contributed by atoms with van der Waals surface area (Å²) in [6, 6.07) is 0. The smallest absolute Gasteiger partial charge is 0.225 e. The van der Waals surface area contributed by atoms with Crippen LogP contribution in [0.2, 0.25) is 0 Å². The number of hydrogen-bond acceptors (Lipinski definition) is 5. The number of aliphatic hydroxyl groups is 1. The summed E-state index contributed by atoms with van der Waals surface area (Å²) in [4.78, 5) is 22.8. The van der Waals surface area contributed by atoms with Gasteiger partial charge >= 0.3 is 0 Å². The van der Waals surface area contributed by atoms with Crippen LogP contribution in [-0.4, -0.2) is 76.8 Å². The molecule has 1 aliphatic heterocycles. The van der Waals surface area contributed by atoms with Gasteiger partial charge in [-0.25, -0.2) is 4.98 Å². The second-order valence-electron chi connectivity index (χ2n) is 5.93. The van der Waals surface area contributed by atoms with E-state index in [1.165, 1.54) is 4.90 Å². The van der Waals surface area contributed by atoms with Crippen LogP contribution in [-0.2, 0) is 16.1 Å². The quantitative estimate of drug-likeness (QED) is 0.801. The molecule has 0 spiro atoms. The van der Waals surface area contributed by atoms with Crippen molar-refractivity contribution in [1.82, 2.24) is 19.8 Å². The van der Waals surface area contributed by atoms with Gasteiger partial charge in [0, 0.05) is 39.4 Å². The summed E-state index contributed by atoms with van der Waals surface area (Å²) in [6.07, 6.45) is 1.73. The Labute approximate surface area is 124 Å². The molecule has 2 heterocycles. The van der Waals surface area contributed by atoms with Gasteiger partial charge < -0.3 is 19.7 Å². The highest BCUT2D eigenvalue weighted by atomic mass is 16.5. The highest BCUT2D eigenvalue weighted by Gasteiger charge is 2.35. The van der Waals surface area contributed by atoms with E-state index < -0.39 is 5.60 Å². The molecular weight excluding hydrogens is 272 g/mol. The van der Waals surface area contributed by atoms with Crippen LogP contribution in [0, 0.1) is 6.92 Å². The molecular formula is C14H24N4O3. The minimum Gasteiger partial charge on any atom is -0.386 e. The van der Waals surface area contributed by atoms with Crippen molar-refractivity contribution in [2.75, 3.05) is 40.4 Å². The van der Waals surface area contributed by atoms with Crippen LogP contribution in [0.25, 0.3) is 0 Å². The molecule has 0 unspecified atom stereocenters. The first kappa shape index (κ1) is 15.9. The first-order valence-corrected chi connectivity index (χ1v) is 7.11. The number of rotatable bonds is 4. The van der Waals surface area contributed by atoms with Gasteiger partial charge in [-0.1, -0.05) is 0 Å². The third kappa shape index (κ3) is 4.26. The molecule has 118 valence electrons. The van der Waals surface area contributed by atoms with Crippen LogP contribution < -0.4 is 0 Å². The highest BCUT2D eigenvalue weighted by Crippen LogP contribution is 2.19. The van der Waals surface area contributed by atoms with Crippen LogP contribution in [0.4, 0.5) is 0 Å². The van der Waals surface area contributed by atoms with Gasteiger partial charge in [-0.05, 0) is 6.92 Å². The SMILES string of the molecule is Cc1[nH]cnc1CN1CCOC[C@@](O)(CC(=O)N(C)C)C1. The number of nitrogens with zero attached hydrogens (tertiary/aromatic N) is 3. The topological polar surface area (TPSA) is 81.7 Å². The van der Waals surface area contributed by atoms with Crippen molar-refractivity contribution in [3.63, 3.8) is 0 Å². The Balaban J connectivity index is 2.03. The molecule has 1 fully saturated rings. The summed E-state index contributed by atoms with van der Waals surface area (Å²) in [7, 11) is 3.38. The normalized spacial score (nSPS) is 23.8. The average molecular weight is 296 g/mol. The van der Waals surface area contributed by atoms with E-state index in [1.54, 1.807) is 20.4 Å². The van der Waals surface area contributed by atoms with E-state index in [0.717, 1.165) is 11.4 Å². The number of aromatic nitrogens is 2. The molecule has 7 heteroatoms. The molecule has 7 nitrogen and oxygen atoms in total. The minimum atomic E-state index is -1.15. The van der Waals surface area contributed by atoms with Gasteiger partial charge in [0.15, 0.2) is 0 Å². The Kier molecular flexibility index (Phi) is 4.97. The number of hydrogen-bond donors (Lipinski definition) is 2. The van der Waals surface area contributed by atoms with Gasteiger partial charge in [-0.2, -0.15) is 0 Å². The lowest BCUT2D eigenvalue weighted by Crippen LogP contribution is -2.47. The van der Waals surface area contributed by atoms with Gasteiger partial charge in [0.05, 0.1) is 31.7 Å². The number of H-pyrrole nitrogens is 1. The van der Waals surface area contributed by atoms with E-state index >= 15 is 0 Å². The van der Waals surface area contributed by atoms with E-state index in [2.05, 4.69) is 14.9 Å². The molecule has 0 aliphatic carbocycles. The summed E-state index contributed by atoms with van der Waals surface area (Å²) in [5.41, 5.74) is 0.827. The van der Waals surface area contributed by atoms with Crippen molar-refractivity contribution in [1.29, 1.82) is 0 Å². The van der Waals surface area contributed by atoms with Crippen LogP contribution in [0.1, 0.15) is 17.8 Å². The standard InChI is InChI=1S/C14H24N4O3/c1-11-12(16-10-15-11)7-18-4-5-21-9-14(20,8-18)6-13(19)17(2)3/h10,20H,4-9H2,1-3H3,(H,15,16)/t14-/m1/s1. The largest absolute Gasteiger partial charge is 0.386 e. The number of carbonyl (C=O) groups is 1. The van der Waals surface area contributed by atoms with Crippen LogP contribution in [0.3, 0.4) is 0 Å². The molecule has 0 saturated carbocycles. The van der Waals surface area contributed by atoms with E-state index in [0.29, 0.717) is 26.2 Å². The predicted octanol–water partition coefficient (Wildman–Crippen LogP) is -0.240. The molecule has 1 atom stereocenters. The Morgan fingerprint density at radius 2 is 2.38 bits per heavy atom. The van der Waals surface area contributed by atoms with E-state index in [4.69, 9.17) is 4.74 Å². The lowest BCUT2D eigenvalue weighted by Gasteiger charge is -2.30. The number of β-amino-alcohol motifs (C(OH)–C–C–N with tert-alkyl or cyclic N) is 1. The molecule has 1 aromatic heterocycles. The highest BCUT2D eigenvalue weighted by molar-refractivity contribution is 5.76. The molecule has 0 bridgehead atoms. The Morgan fingerprint density at radius 1 is 1.62 bits per heavy atom. The fraction of sp³-hybridized carbons (Fsp3) is 0.714. The van der Waals surface area contributed by atoms with Gasteiger partial charge in [0.1, 0.15) is 5.60 Å². The number of aromatic amines is 1. The first-order chi connectivity index (χ1) is 9.89. The van der Waals surface area contributed by atoms with E-state index in [1.807, 2.05) is 6.92 Å². The van der Waals surface area contributed by atoms with Crippen molar-refractivity contribution in [3.8, 4) is 0 Å². The van der Waals surface area contributed by atoms with E-state index in [-0.39, 0.29) is 18.9 Å². The Hall–Kier alpha value is -1.44. The second kappa shape index (κ2) is 6.55.